The van der Waals surface area contributed by atoms with E-state index in [0.29, 0.717) is 11.3 Å². The van der Waals surface area contributed by atoms with E-state index in [-0.39, 0.29) is 12.4 Å². The largest absolute Gasteiger partial charge is 0.325 e. The Kier molecular flexibility index (Phi) is 3.50. The summed E-state index contributed by atoms with van der Waals surface area (Å²) in [7, 11) is 0. The van der Waals surface area contributed by atoms with Crippen molar-refractivity contribution < 1.29 is 4.39 Å². The van der Waals surface area contributed by atoms with Crippen LogP contribution in [0.3, 0.4) is 0 Å². The molecule has 4 nitrogen and oxygen atoms in total. The molecule has 0 saturated carbocycles. The Morgan fingerprint density at radius 3 is 2.67 bits per heavy atom. The van der Waals surface area contributed by atoms with Crippen LogP contribution in [-0.2, 0) is 6.54 Å². The van der Waals surface area contributed by atoms with Gasteiger partial charge in [-0.1, -0.05) is 29.5 Å². The molecule has 0 atom stereocenters. The van der Waals surface area contributed by atoms with Crippen LogP contribution in [0.5, 0.6) is 0 Å². The molecule has 0 aliphatic heterocycles. The highest BCUT2D eigenvalue weighted by molar-refractivity contribution is 5.64. The van der Waals surface area contributed by atoms with Gasteiger partial charge in [-0.15, -0.1) is 5.10 Å². The minimum atomic E-state index is -0.299. The molecule has 0 amide bonds. The van der Waals surface area contributed by atoms with Gasteiger partial charge in [-0.05, 0) is 36.8 Å². The fourth-order valence-electron chi connectivity index (χ4n) is 2.32. The van der Waals surface area contributed by atoms with E-state index in [1.807, 2.05) is 37.3 Å². The first-order valence-corrected chi connectivity index (χ1v) is 6.66. The Morgan fingerprint density at radius 1 is 1.14 bits per heavy atom. The van der Waals surface area contributed by atoms with Gasteiger partial charge in [-0.3, -0.25) is 0 Å². The Morgan fingerprint density at radius 2 is 1.95 bits per heavy atom. The maximum Gasteiger partial charge on any atom is 0.123 e. The average Bonchev–Trinajstić information content (AvgIpc) is 2.91. The highest BCUT2D eigenvalue weighted by Crippen LogP contribution is 2.25. The van der Waals surface area contributed by atoms with E-state index in [0.717, 1.165) is 16.9 Å². The van der Waals surface area contributed by atoms with Gasteiger partial charge in [0.05, 0.1) is 11.4 Å². The molecule has 0 aliphatic rings. The Balaban J connectivity index is 2.21. The topological polar surface area (TPSA) is 56.7 Å². The van der Waals surface area contributed by atoms with Crippen LogP contribution in [0.2, 0.25) is 0 Å². The molecular weight excluding hydrogens is 267 g/mol. The van der Waals surface area contributed by atoms with Crippen molar-refractivity contribution in [3.8, 4) is 16.9 Å². The van der Waals surface area contributed by atoms with Gasteiger partial charge in [-0.25, -0.2) is 9.07 Å². The maximum atomic E-state index is 13.5. The molecule has 0 unspecified atom stereocenters. The van der Waals surface area contributed by atoms with Crippen molar-refractivity contribution >= 4 is 0 Å². The molecule has 0 fully saturated rings. The predicted octanol–water partition coefficient (Wildman–Crippen LogP) is 2.84. The van der Waals surface area contributed by atoms with E-state index >= 15 is 0 Å². The lowest BCUT2D eigenvalue weighted by Crippen LogP contribution is -2.03. The van der Waals surface area contributed by atoms with Crippen molar-refractivity contribution in [2.75, 3.05) is 0 Å². The summed E-state index contributed by atoms with van der Waals surface area (Å²) in [6.07, 6.45) is 0. The minimum Gasteiger partial charge on any atom is -0.325 e. The molecule has 21 heavy (non-hydrogen) atoms. The zero-order valence-electron chi connectivity index (χ0n) is 11.6. The van der Waals surface area contributed by atoms with Crippen LogP contribution in [0, 0.1) is 12.7 Å². The molecule has 2 N–H and O–H groups in total. The van der Waals surface area contributed by atoms with Crippen LogP contribution < -0.4 is 5.73 Å². The molecule has 1 aromatic heterocycles. The molecule has 0 bridgehead atoms. The molecule has 1 heterocycles. The number of aromatic nitrogens is 3. The summed E-state index contributed by atoms with van der Waals surface area (Å²) in [5, 5.41) is 8.28. The molecular formula is C16H15FN4. The second kappa shape index (κ2) is 5.46. The van der Waals surface area contributed by atoms with Crippen molar-refractivity contribution in [3.63, 3.8) is 0 Å². The van der Waals surface area contributed by atoms with Gasteiger partial charge in [-0.2, -0.15) is 0 Å². The first kappa shape index (κ1) is 13.5. The summed E-state index contributed by atoms with van der Waals surface area (Å²) in [6, 6.07) is 14.3. The first-order valence-electron chi connectivity index (χ1n) is 6.66. The second-order valence-electron chi connectivity index (χ2n) is 4.85. The van der Waals surface area contributed by atoms with Gasteiger partial charge in [0.2, 0.25) is 0 Å². The zero-order valence-corrected chi connectivity index (χ0v) is 11.6. The predicted molar refractivity (Wildman–Crippen MR) is 79.4 cm³/mol. The number of hydrogen-bond acceptors (Lipinski definition) is 3. The Bertz CT molecular complexity index is 779. The van der Waals surface area contributed by atoms with Crippen molar-refractivity contribution in [2.24, 2.45) is 5.73 Å². The molecule has 106 valence electrons. The minimum absolute atomic E-state index is 0.248. The molecule has 2 aromatic carbocycles. The van der Waals surface area contributed by atoms with Gasteiger partial charge in [0.15, 0.2) is 0 Å². The monoisotopic (exact) mass is 282 g/mol. The van der Waals surface area contributed by atoms with Crippen LogP contribution in [0.25, 0.3) is 16.9 Å². The Labute approximate surface area is 122 Å². The van der Waals surface area contributed by atoms with Gasteiger partial charge < -0.3 is 5.73 Å². The van der Waals surface area contributed by atoms with Crippen LogP contribution in [0.1, 0.15) is 11.3 Å². The lowest BCUT2D eigenvalue weighted by Gasteiger charge is -2.08. The van der Waals surface area contributed by atoms with Gasteiger partial charge in [0.1, 0.15) is 11.5 Å². The number of aryl methyl sites for hydroxylation is 1. The second-order valence-corrected chi connectivity index (χ2v) is 4.85. The smallest absolute Gasteiger partial charge is 0.123 e. The summed E-state index contributed by atoms with van der Waals surface area (Å²) in [6.45, 7) is 2.25. The SMILES string of the molecule is Cc1cccc(-n2nnc(CN)c2-c2cccc(F)c2)c1. The van der Waals surface area contributed by atoms with Gasteiger partial charge in [0.25, 0.3) is 0 Å². The van der Waals surface area contributed by atoms with Crippen LogP contribution in [0.4, 0.5) is 4.39 Å². The van der Waals surface area contributed by atoms with E-state index in [1.165, 1.54) is 12.1 Å². The van der Waals surface area contributed by atoms with Gasteiger partial charge in [0, 0.05) is 12.1 Å². The standard InChI is InChI=1S/C16H15FN4/c1-11-4-2-7-14(8-11)21-16(15(10-18)19-20-21)12-5-3-6-13(17)9-12/h2-9H,10,18H2,1H3. The van der Waals surface area contributed by atoms with E-state index in [4.69, 9.17) is 5.73 Å². The van der Waals surface area contributed by atoms with E-state index in [1.54, 1.807) is 10.7 Å². The fraction of sp³-hybridized carbons (Fsp3) is 0.125. The number of nitrogens with two attached hydrogens (primary N) is 1. The third-order valence-electron chi connectivity index (χ3n) is 3.28. The van der Waals surface area contributed by atoms with Crippen molar-refractivity contribution in [1.29, 1.82) is 0 Å². The highest BCUT2D eigenvalue weighted by atomic mass is 19.1. The number of benzene rings is 2. The molecule has 0 aliphatic carbocycles. The lowest BCUT2D eigenvalue weighted by atomic mass is 10.1. The summed E-state index contributed by atoms with van der Waals surface area (Å²) in [5.74, 6) is -0.299. The number of nitrogens with zero attached hydrogens (tertiary/aromatic N) is 3. The summed E-state index contributed by atoms with van der Waals surface area (Å²) in [5.41, 5.74) is 9.80. The van der Waals surface area contributed by atoms with E-state index in [9.17, 15) is 4.39 Å². The van der Waals surface area contributed by atoms with Gasteiger partial charge >= 0.3 is 0 Å². The van der Waals surface area contributed by atoms with E-state index in [2.05, 4.69) is 10.3 Å². The van der Waals surface area contributed by atoms with E-state index < -0.39 is 0 Å². The third-order valence-corrected chi connectivity index (χ3v) is 3.28. The molecule has 0 radical (unpaired) electrons. The summed E-state index contributed by atoms with van der Waals surface area (Å²) in [4.78, 5) is 0. The number of halogens is 1. The third kappa shape index (κ3) is 2.55. The van der Waals surface area contributed by atoms with Crippen LogP contribution >= 0.6 is 0 Å². The zero-order chi connectivity index (χ0) is 14.8. The summed E-state index contributed by atoms with van der Waals surface area (Å²) >= 11 is 0. The van der Waals surface area contributed by atoms with Crippen LogP contribution in [-0.4, -0.2) is 15.0 Å². The highest BCUT2D eigenvalue weighted by Gasteiger charge is 2.15. The van der Waals surface area contributed by atoms with Crippen LogP contribution in [0.15, 0.2) is 48.5 Å². The van der Waals surface area contributed by atoms with Crippen molar-refractivity contribution in [3.05, 3.63) is 65.6 Å². The molecule has 3 aromatic rings. The molecule has 0 spiro atoms. The maximum absolute atomic E-state index is 13.5. The normalized spacial score (nSPS) is 10.8. The quantitative estimate of drug-likeness (QED) is 0.803. The molecule has 5 heteroatoms. The van der Waals surface area contributed by atoms with Crippen molar-refractivity contribution in [1.82, 2.24) is 15.0 Å². The van der Waals surface area contributed by atoms with Crippen molar-refractivity contribution in [2.45, 2.75) is 13.5 Å². The molecule has 3 rings (SSSR count). The average molecular weight is 282 g/mol. The fourth-order valence-corrected chi connectivity index (χ4v) is 2.32. The number of rotatable bonds is 3. The Hall–Kier alpha value is -2.53. The summed E-state index contributed by atoms with van der Waals surface area (Å²) < 4.78 is 15.2. The lowest BCUT2D eigenvalue weighted by molar-refractivity contribution is 0.628. The number of hydrogen-bond donors (Lipinski definition) is 1. The first-order chi connectivity index (χ1) is 10.2. The molecule has 0 saturated heterocycles.